The summed E-state index contributed by atoms with van der Waals surface area (Å²) < 4.78 is 0. The standard InChI is InChI=1S/C19H14N2/c1-13-4-2-5-16(12-13)17-10-9-15-8-7-14-6-3-11-20-18(14)19(15)21-17/h2-12H,1H3. The lowest BCUT2D eigenvalue weighted by Gasteiger charge is -2.06. The minimum Gasteiger partial charge on any atom is -0.254 e. The van der Waals surface area contributed by atoms with E-state index in [1.807, 2.05) is 12.3 Å². The van der Waals surface area contributed by atoms with Crippen molar-refractivity contribution in [2.75, 3.05) is 0 Å². The molecule has 2 aromatic heterocycles. The van der Waals surface area contributed by atoms with Crippen LogP contribution in [0.25, 0.3) is 33.1 Å². The number of fused-ring (bicyclic) bond motifs is 3. The van der Waals surface area contributed by atoms with Crippen molar-refractivity contribution < 1.29 is 0 Å². The van der Waals surface area contributed by atoms with Gasteiger partial charge in [0.05, 0.1) is 16.7 Å². The average molecular weight is 270 g/mol. The van der Waals surface area contributed by atoms with Gasteiger partial charge in [0.25, 0.3) is 0 Å². The molecule has 0 saturated heterocycles. The van der Waals surface area contributed by atoms with Crippen LogP contribution in [0.2, 0.25) is 0 Å². The van der Waals surface area contributed by atoms with Gasteiger partial charge in [0.15, 0.2) is 0 Å². The van der Waals surface area contributed by atoms with Gasteiger partial charge in [-0.3, -0.25) is 4.98 Å². The van der Waals surface area contributed by atoms with Gasteiger partial charge in [-0.2, -0.15) is 0 Å². The molecule has 4 aromatic rings. The van der Waals surface area contributed by atoms with Crippen molar-refractivity contribution in [2.24, 2.45) is 0 Å². The number of pyridine rings is 2. The van der Waals surface area contributed by atoms with Crippen LogP contribution >= 0.6 is 0 Å². The summed E-state index contributed by atoms with van der Waals surface area (Å²) in [7, 11) is 0. The SMILES string of the molecule is Cc1cccc(-c2ccc3ccc4cccnc4c3n2)c1. The van der Waals surface area contributed by atoms with Crippen molar-refractivity contribution in [3.63, 3.8) is 0 Å². The second-order valence-electron chi connectivity index (χ2n) is 5.28. The first-order chi connectivity index (χ1) is 10.3. The molecular weight excluding hydrogens is 256 g/mol. The molecule has 2 heterocycles. The summed E-state index contributed by atoms with van der Waals surface area (Å²) in [5.74, 6) is 0. The molecule has 0 spiro atoms. The van der Waals surface area contributed by atoms with E-state index in [0.29, 0.717) is 0 Å². The van der Waals surface area contributed by atoms with Crippen LogP contribution in [-0.2, 0) is 0 Å². The highest BCUT2D eigenvalue weighted by Crippen LogP contribution is 2.26. The Morgan fingerprint density at radius 1 is 0.762 bits per heavy atom. The Balaban J connectivity index is 2.02. The van der Waals surface area contributed by atoms with Gasteiger partial charge in [0.2, 0.25) is 0 Å². The lowest BCUT2D eigenvalue weighted by atomic mass is 10.1. The highest BCUT2D eigenvalue weighted by Gasteiger charge is 2.06. The third kappa shape index (κ3) is 2.05. The van der Waals surface area contributed by atoms with Crippen LogP contribution in [0, 0.1) is 6.92 Å². The predicted octanol–water partition coefficient (Wildman–Crippen LogP) is 4.76. The maximum atomic E-state index is 4.85. The van der Waals surface area contributed by atoms with Crippen LogP contribution in [0.15, 0.2) is 66.9 Å². The molecule has 0 aliphatic heterocycles. The Bertz CT molecular complexity index is 958. The summed E-state index contributed by atoms with van der Waals surface area (Å²) >= 11 is 0. The molecule has 21 heavy (non-hydrogen) atoms. The van der Waals surface area contributed by atoms with E-state index in [1.165, 1.54) is 5.56 Å². The van der Waals surface area contributed by atoms with Crippen molar-refractivity contribution in [1.82, 2.24) is 9.97 Å². The van der Waals surface area contributed by atoms with E-state index in [1.54, 1.807) is 0 Å². The molecule has 4 rings (SSSR count). The smallest absolute Gasteiger partial charge is 0.0972 e. The Morgan fingerprint density at radius 2 is 1.57 bits per heavy atom. The number of hydrogen-bond donors (Lipinski definition) is 0. The molecule has 2 nitrogen and oxygen atoms in total. The largest absolute Gasteiger partial charge is 0.254 e. The number of aromatic nitrogens is 2. The highest BCUT2D eigenvalue weighted by atomic mass is 14.7. The molecular formula is C19H14N2. The van der Waals surface area contributed by atoms with Crippen LogP contribution in [0.3, 0.4) is 0 Å². The minimum atomic E-state index is 0.963. The average Bonchev–Trinajstić information content (AvgIpc) is 2.54. The van der Waals surface area contributed by atoms with Crippen LogP contribution in [0.1, 0.15) is 5.56 Å². The molecule has 100 valence electrons. The van der Waals surface area contributed by atoms with Crippen molar-refractivity contribution in [3.8, 4) is 11.3 Å². The van der Waals surface area contributed by atoms with E-state index in [-0.39, 0.29) is 0 Å². The first-order valence-electron chi connectivity index (χ1n) is 7.03. The minimum absolute atomic E-state index is 0.963. The highest BCUT2D eigenvalue weighted by molar-refractivity contribution is 6.03. The third-order valence-corrected chi connectivity index (χ3v) is 3.75. The maximum absolute atomic E-state index is 4.85. The molecule has 0 aliphatic carbocycles. The van der Waals surface area contributed by atoms with Crippen LogP contribution < -0.4 is 0 Å². The van der Waals surface area contributed by atoms with Gasteiger partial charge < -0.3 is 0 Å². The Labute approximate surface area is 123 Å². The van der Waals surface area contributed by atoms with Gasteiger partial charge >= 0.3 is 0 Å². The van der Waals surface area contributed by atoms with Gasteiger partial charge in [-0.15, -0.1) is 0 Å². The molecule has 0 atom stereocenters. The number of aryl methyl sites for hydroxylation is 1. The monoisotopic (exact) mass is 270 g/mol. The van der Waals surface area contributed by atoms with Crippen LogP contribution in [0.5, 0.6) is 0 Å². The molecule has 2 heteroatoms. The zero-order valence-corrected chi connectivity index (χ0v) is 11.7. The van der Waals surface area contributed by atoms with E-state index in [0.717, 1.165) is 33.1 Å². The zero-order chi connectivity index (χ0) is 14.2. The fourth-order valence-corrected chi connectivity index (χ4v) is 2.69. The first-order valence-corrected chi connectivity index (χ1v) is 7.03. The van der Waals surface area contributed by atoms with Gasteiger partial charge in [-0.1, -0.05) is 48.0 Å². The molecule has 0 N–H and O–H groups in total. The number of nitrogens with zero attached hydrogens (tertiary/aromatic N) is 2. The second kappa shape index (κ2) is 4.67. The normalized spacial score (nSPS) is 11.1. The summed E-state index contributed by atoms with van der Waals surface area (Å²) in [6.45, 7) is 2.10. The molecule has 0 saturated carbocycles. The lowest BCUT2D eigenvalue weighted by Crippen LogP contribution is -1.88. The number of benzene rings is 2. The summed E-state index contributed by atoms with van der Waals surface area (Å²) in [6, 6.07) is 20.8. The maximum Gasteiger partial charge on any atom is 0.0972 e. The molecule has 0 radical (unpaired) electrons. The summed E-state index contributed by atoms with van der Waals surface area (Å²) in [5.41, 5.74) is 5.30. The fourth-order valence-electron chi connectivity index (χ4n) is 2.69. The van der Waals surface area contributed by atoms with Crippen LogP contribution in [0.4, 0.5) is 0 Å². The predicted molar refractivity (Wildman–Crippen MR) is 87.2 cm³/mol. The van der Waals surface area contributed by atoms with Gasteiger partial charge in [-0.05, 0) is 25.1 Å². The quantitative estimate of drug-likeness (QED) is 0.466. The van der Waals surface area contributed by atoms with E-state index in [9.17, 15) is 0 Å². The van der Waals surface area contributed by atoms with Crippen molar-refractivity contribution in [1.29, 1.82) is 0 Å². The van der Waals surface area contributed by atoms with Gasteiger partial charge in [-0.25, -0.2) is 4.98 Å². The van der Waals surface area contributed by atoms with E-state index in [2.05, 4.69) is 66.5 Å². The van der Waals surface area contributed by atoms with Crippen molar-refractivity contribution in [2.45, 2.75) is 6.92 Å². The van der Waals surface area contributed by atoms with Gasteiger partial charge in [0, 0.05) is 22.5 Å². The lowest BCUT2D eigenvalue weighted by molar-refractivity contribution is 1.36. The molecule has 0 unspecified atom stereocenters. The number of rotatable bonds is 1. The van der Waals surface area contributed by atoms with E-state index in [4.69, 9.17) is 4.98 Å². The summed E-state index contributed by atoms with van der Waals surface area (Å²) in [6.07, 6.45) is 1.82. The van der Waals surface area contributed by atoms with E-state index >= 15 is 0 Å². The molecule has 0 amide bonds. The van der Waals surface area contributed by atoms with Gasteiger partial charge in [0.1, 0.15) is 0 Å². The Morgan fingerprint density at radius 3 is 2.43 bits per heavy atom. The van der Waals surface area contributed by atoms with E-state index < -0.39 is 0 Å². The van der Waals surface area contributed by atoms with Crippen molar-refractivity contribution in [3.05, 3.63) is 72.4 Å². The first kappa shape index (κ1) is 12.0. The fraction of sp³-hybridized carbons (Fsp3) is 0.0526. The number of hydrogen-bond acceptors (Lipinski definition) is 2. The second-order valence-corrected chi connectivity index (χ2v) is 5.28. The Kier molecular flexibility index (Phi) is 2.68. The Hall–Kier alpha value is -2.74. The molecule has 0 fully saturated rings. The molecule has 0 aliphatic rings. The summed E-state index contributed by atoms with van der Waals surface area (Å²) in [4.78, 5) is 9.35. The topological polar surface area (TPSA) is 25.8 Å². The van der Waals surface area contributed by atoms with Crippen molar-refractivity contribution >= 4 is 21.8 Å². The summed E-state index contributed by atoms with van der Waals surface area (Å²) in [5, 5.41) is 2.25. The molecule has 0 bridgehead atoms. The zero-order valence-electron chi connectivity index (χ0n) is 11.7. The van der Waals surface area contributed by atoms with Crippen LogP contribution in [-0.4, -0.2) is 9.97 Å². The third-order valence-electron chi connectivity index (χ3n) is 3.75. The molecule has 2 aromatic carbocycles.